The molecule has 4 N–H and O–H groups in total. The Balaban J connectivity index is 1.85. The summed E-state index contributed by atoms with van der Waals surface area (Å²) in [6.07, 6.45) is 1.05. The Labute approximate surface area is 146 Å². The first-order chi connectivity index (χ1) is 11.9. The van der Waals surface area contributed by atoms with Crippen LogP contribution in [-0.2, 0) is 11.3 Å². The van der Waals surface area contributed by atoms with Crippen LogP contribution in [0.1, 0.15) is 35.7 Å². The molecular weight excluding hydrogens is 321 g/mol. The molecule has 0 bridgehead atoms. The lowest BCUT2D eigenvalue weighted by atomic mass is 10.1. The van der Waals surface area contributed by atoms with Crippen LogP contribution in [0.15, 0.2) is 48.5 Å². The molecule has 0 aliphatic carbocycles. The van der Waals surface area contributed by atoms with E-state index in [1.54, 1.807) is 24.3 Å². The number of anilines is 1. The number of nitrogens with one attached hydrogen (secondary N) is 2. The second-order valence-corrected chi connectivity index (χ2v) is 5.95. The number of carbonyl (C=O) groups is 2. The summed E-state index contributed by atoms with van der Waals surface area (Å²) < 4.78 is 12.9. The highest BCUT2D eigenvalue weighted by Gasteiger charge is 2.07. The lowest BCUT2D eigenvalue weighted by Crippen LogP contribution is -2.25. The monoisotopic (exact) mass is 343 g/mol. The average molecular weight is 343 g/mol. The molecule has 5 nitrogen and oxygen atoms in total. The number of benzene rings is 2. The van der Waals surface area contributed by atoms with Crippen LogP contribution in [0.2, 0.25) is 0 Å². The van der Waals surface area contributed by atoms with E-state index in [1.807, 2.05) is 6.92 Å². The molecule has 0 heterocycles. The van der Waals surface area contributed by atoms with Gasteiger partial charge in [-0.2, -0.15) is 0 Å². The van der Waals surface area contributed by atoms with Crippen LogP contribution in [-0.4, -0.2) is 17.9 Å². The Morgan fingerprint density at radius 3 is 2.32 bits per heavy atom. The average Bonchev–Trinajstić information content (AvgIpc) is 2.60. The molecule has 2 aromatic carbocycles. The van der Waals surface area contributed by atoms with Gasteiger partial charge in [0, 0.05) is 30.3 Å². The van der Waals surface area contributed by atoms with E-state index in [1.165, 1.54) is 24.3 Å². The van der Waals surface area contributed by atoms with Gasteiger partial charge in [0.2, 0.25) is 5.91 Å². The molecule has 0 aliphatic heterocycles. The number of halogens is 1. The first-order valence-corrected chi connectivity index (χ1v) is 8.12. The van der Waals surface area contributed by atoms with Gasteiger partial charge in [-0.15, -0.1) is 0 Å². The lowest BCUT2D eigenvalue weighted by molar-refractivity contribution is -0.121. The van der Waals surface area contributed by atoms with Gasteiger partial charge in [0.15, 0.2) is 0 Å². The highest BCUT2D eigenvalue weighted by atomic mass is 19.1. The van der Waals surface area contributed by atoms with Crippen molar-refractivity contribution in [3.05, 3.63) is 65.5 Å². The second-order valence-electron chi connectivity index (χ2n) is 5.95. The van der Waals surface area contributed by atoms with E-state index in [9.17, 15) is 14.0 Å². The van der Waals surface area contributed by atoms with Crippen LogP contribution in [0.5, 0.6) is 0 Å². The quantitative estimate of drug-likeness (QED) is 0.723. The van der Waals surface area contributed by atoms with Gasteiger partial charge in [-0.25, -0.2) is 4.39 Å². The lowest BCUT2D eigenvalue weighted by Gasteiger charge is -2.08. The van der Waals surface area contributed by atoms with Crippen molar-refractivity contribution in [3.63, 3.8) is 0 Å². The number of hydrogen-bond acceptors (Lipinski definition) is 3. The summed E-state index contributed by atoms with van der Waals surface area (Å²) in [6, 6.07) is 12.5. The summed E-state index contributed by atoms with van der Waals surface area (Å²) in [6.45, 7) is 2.26. The van der Waals surface area contributed by atoms with Crippen LogP contribution in [0.4, 0.5) is 10.1 Å². The van der Waals surface area contributed by atoms with E-state index >= 15 is 0 Å². The van der Waals surface area contributed by atoms with Crippen molar-refractivity contribution in [1.82, 2.24) is 5.32 Å². The van der Waals surface area contributed by atoms with Crippen molar-refractivity contribution >= 4 is 17.5 Å². The molecule has 25 heavy (non-hydrogen) atoms. The minimum absolute atomic E-state index is 0.00431. The summed E-state index contributed by atoms with van der Waals surface area (Å²) in [5.74, 6) is -0.681. The molecule has 2 amide bonds. The molecule has 0 fully saturated rings. The van der Waals surface area contributed by atoms with E-state index in [0.717, 1.165) is 5.56 Å². The van der Waals surface area contributed by atoms with Gasteiger partial charge < -0.3 is 16.4 Å². The van der Waals surface area contributed by atoms with Crippen LogP contribution in [0.25, 0.3) is 0 Å². The molecule has 0 radical (unpaired) electrons. The molecule has 6 heteroatoms. The van der Waals surface area contributed by atoms with Gasteiger partial charge in [0.25, 0.3) is 5.91 Å². The zero-order valence-electron chi connectivity index (χ0n) is 14.1. The van der Waals surface area contributed by atoms with E-state index in [2.05, 4.69) is 10.6 Å². The van der Waals surface area contributed by atoms with Crippen molar-refractivity contribution in [2.45, 2.75) is 32.4 Å². The molecule has 1 atom stereocenters. The molecule has 2 aromatic rings. The number of hydrogen-bond donors (Lipinski definition) is 3. The topological polar surface area (TPSA) is 84.2 Å². The van der Waals surface area contributed by atoms with Gasteiger partial charge >= 0.3 is 0 Å². The maximum absolute atomic E-state index is 12.9. The summed E-state index contributed by atoms with van der Waals surface area (Å²) in [4.78, 5) is 23.8. The van der Waals surface area contributed by atoms with Gasteiger partial charge in [-0.1, -0.05) is 12.1 Å². The third-order valence-corrected chi connectivity index (χ3v) is 3.63. The fraction of sp³-hybridized carbons (Fsp3) is 0.263. The Kier molecular flexibility index (Phi) is 6.65. The number of nitrogens with two attached hydrogens (primary N) is 1. The molecule has 1 unspecified atom stereocenters. The largest absolute Gasteiger partial charge is 0.352 e. The van der Waals surface area contributed by atoms with Crippen molar-refractivity contribution < 1.29 is 14.0 Å². The number of carbonyl (C=O) groups excluding carboxylic acids is 2. The Morgan fingerprint density at radius 2 is 1.72 bits per heavy atom. The van der Waals surface area contributed by atoms with Crippen LogP contribution in [0, 0.1) is 5.82 Å². The normalized spacial score (nSPS) is 11.6. The maximum atomic E-state index is 12.9. The summed E-state index contributed by atoms with van der Waals surface area (Å²) in [5, 5.41) is 5.51. The third kappa shape index (κ3) is 6.35. The fourth-order valence-electron chi connectivity index (χ4n) is 2.16. The first kappa shape index (κ1) is 18.6. The Hall–Kier alpha value is -2.73. The smallest absolute Gasteiger partial charge is 0.255 e. The molecule has 2 rings (SSSR count). The number of amides is 2. The van der Waals surface area contributed by atoms with Crippen LogP contribution in [0.3, 0.4) is 0 Å². The molecule has 0 spiro atoms. The van der Waals surface area contributed by atoms with Crippen LogP contribution < -0.4 is 16.4 Å². The molecule has 0 saturated heterocycles. The zero-order chi connectivity index (χ0) is 18.2. The minimum atomic E-state index is -0.356. The highest BCUT2D eigenvalue weighted by Crippen LogP contribution is 2.11. The summed E-state index contributed by atoms with van der Waals surface area (Å²) in [7, 11) is 0. The van der Waals surface area contributed by atoms with E-state index < -0.39 is 0 Å². The number of rotatable bonds is 7. The molecule has 0 saturated carbocycles. The standard InChI is InChI=1S/C19H22FN3O2/c1-13(21)2-11-18(24)22-12-14-3-5-15(6-4-14)19(25)23-17-9-7-16(20)8-10-17/h3-10,13H,2,11-12,21H2,1H3,(H,22,24)(H,23,25). The van der Waals surface area contributed by atoms with Crippen LogP contribution >= 0.6 is 0 Å². The summed E-state index contributed by atoms with van der Waals surface area (Å²) in [5.41, 5.74) is 7.52. The van der Waals surface area contributed by atoms with Crippen molar-refractivity contribution in [2.75, 3.05) is 5.32 Å². The van der Waals surface area contributed by atoms with Crippen molar-refractivity contribution in [1.29, 1.82) is 0 Å². The van der Waals surface area contributed by atoms with Gasteiger partial charge in [-0.05, 0) is 55.3 Å². The second kappa shape index (κ2) is 8.94. The SMILES string of the molecule is CC(N)CCC(=O)NCc1ccc(C(=O)Nc2ccc(F)cc2)cc1. The summed E-state index contributed by atoms with van der Waals surface area (Å²) >= 11 is 0. The Bertz CT molecular complexity index is 712. The fourth-order valence-corrected chi connectivity index (χ4v) is 2.16. The molecule has 132 valence electrons. The zero-order valence-corrected chi connectivity index (χ0v) is 14.1. The van der Waals surface area contributed by atoms with E-state index in [0.29, 0.717) is 30.6 Å². The van der Waals surface area contributed by atoms with Gasteiger partial charge in [0.1, 0.15) is 5.82 Å². The predicted octanol–water partition coefficient (Wildman–Crippen LogP) is 2.82. The first-order valence-electron chi connectivity index (χ1n) is 8.12. The predicted molar refractivity (Wildman–Crippen MR) is 95.5 cm³/mol. The van der Waals surface area contributed by atoms with Gasteiger partial charge in [-0.3, -0.25) is 9.59 Å². The van der Waals surface area contributed by atoms with E-state index in [-0.39, 0.29) is 23.7 Å². The molecule has 0 aliphatic rings. The molecule has 0 aromatic heterocycles. The van der Waals surface area contributed by atoms with E-state index in [4.69, 9.17) is 5.73 Å². The van der Waals surface area contributed by atoms with Crippen molar-refractivity contribution in [3.8, 4) is 0 Å². The maximum Gasteiger partial charge on any atom is 0.255 e. The Morgan fingerprint density at radius 1 is 1.08 bits per heavy atom. The third-order valence-electron chi connectivity index (χ3n) is 3.63. The minimum Gasteiger partial charge on any atom is -0.352 e. The van der Waals surface area contributed by atoms with Crippen molar-refractivity contribution in [2.24, 2.45) is 5.73 Å². The molecular formula is C19H22FN3O2. The highest BCUT2D eigenvalue weighted by molar-refractivity contribution is 6.04. The van der Waals surface area contributed by atoms with Gasteiger partial charge in [0.05, 0.1) is 0 Å².